The summed E-state index contributed by atoms with van der Waals surface area (Å²) in [6, 6.07) is 6.57. The highest BCUT2D eigenvalue weighted by Gasteiger charge is 1.99. The van der Waals surface area contributed by atoms with E-state index in [-0.39, 0.29) is 12.0 Å². The number of nitrogens with zero attached hydrogens (tertiary/aromatic N) is 1. The molecule has 1 aromatic carbocycles. The van der Waals surface area contributed by atoms with E-state index in [1.54, 1.807) is 30.6 Å². The van der Waals surface area contributed by atoms with E-state index < -0.39 is 0 Å². The highest BCUT2D eigenvalue weighted by atomic mass is 16.1. The number of hydrogen-bond donors (Lipinski definition) is 1. The summed E-state index contributed by atoms with van der Waals surface area (Å²) in [5.74, 6) is 0.268. The van der Waals surface area contributed by atoms with Crippen LogP contribution in [-0.2, 0) is 4.79 Å². The first-order chi connectivity index (χ1) is 6.70. The number of rotatable bonds is 1. The van der Waals surface area contributed by atoms with Crippen molar-refractivity contribution in [3.63, 3.8) is 0 Å². The van der Waals surface area contributed by atoms with Crippen LogP contribution >= 0.6 is 0 Å². The van der Waals surface area contributed by atoms with Gasteiger partial charge in [-0.3, -0.25) is 4.79 Å². The first-order valence-electron chi connectivity index (χ1n) is 4.26. The summed E-state index contributed by atoms with van der Waals surface area (Å²) in [5, 5.41) is 1.49. The average Bonchev–Trinajstić information content (AvgIpc) is 2.17. The highest BCUT2D eigenvalue weighted by Crippen LogP contribution is 2.18. The average molecular weight is 172 g/mol. The normalized spacial score (nSPS) is 11.2. The van der Waals surface area contributed by atoms with Crippen molar-refractivity contribution in [2.75, 3.05) is 5.73 Å². The second-order valence-electron chi connectivity index (χ2n) is 2.67. The number of anilines is 1. The molecule has 13 heavy (non-hydrogen) atoms. The van der Waals surface area contributed by atoms with E-state index in [9.17, 15) is 4.79 Å². The van der Waals surface area contributed by atoms with Crippen LogP contribution in [0.2, 0.25) is 0 Å². The van der Waals surface area contributed by atoms with Crippen LogP contribution in [0.1, 0.15) is 6.93 Å². The van der Waals surface area contributed by atoms with Gasteiger partial charge in [0.1, 0.15) is 5.82 Å². The molecule has 0 saturated heterocycles. The third-order valence-corrected chi connectivity index (χ3v) is 1.85. The lowest BCUT2D eigenvalue weighted by Gasteiger charge is -2.00. The Balaban J connectivity index is 2.81. The molecular formula is C10H7N2O. The topological polar surface area (TPSA) is 56.0 Å². The number of nitrogens with two attached hydrogens (primary N) is 1. The first-order valence-corrected chi connectivity index (χ1v) is 3.76. The summed E-state index contributed by atoms with van der Waals surface area (Å²) in [4.78, 5) is 14.2. The Morgan fingerprint density at radius 2 is 2.31 bits per heavy atom. The SMILES string of the molecule is [2H]c1cc2ccc([C]=O)cc2c(N)n1. The summed E-state index contributed by atoms with van der Waals surface area (Å²) in [6.45, 7) is 0. The minimum Gasteiger partial charge on any atom is -0.383 e. The zero-order valence-corrected chi connectivity index (χ0v) is 6.74. The van der Waals surface area contributed by atoms with Crippen LogP contribution in [0.4, 0.5) is 5.82 Å². The first kappa shape index (κ1) is 6.60. The maximum Gasteiger partial charge on any atom is 0.233 e. The van der Waals surface area contributed by atoms with Gasteiger partial charge in [0.05, 0.1) is 1.37 Å². The molecule has 0 spiro atoms. The molecule has 0 aliphatic heterocycles. The van der Waals surface area contributed by atoms with Crippen molar-refractivity contribution >= 4 is 22.9 Å². The van der Waals surface area contributed by atoms with Crippen molar-refractivity contribution in [1.29, 1.82) is 0 Å². The molecule has 2 rings (SSSR count). The third kappa shape index (κ3) is 1.24. The zero-order chi connectivity index (χ0) is 10.1. The summed E-state index contributed by atoms with van der Waals surface area (Å²) < 4.78 is 7.35. The van der Waals surface area contributed by atoms with Gasteiger partial charge in [0, 0.05) is 17.1 Å². The Hall–Kier alpha value is -1.90. The number of nitrogen functional groups attached to an aromatic ring is 1. The van der Waals surface area contributed by atoms with Crippen molar-refractivity contribution < 1.29 is 6.17 Å². The van der Waals surface area contributed by atoms with Gasteiger partial charge in [-0.05, 0) is 17.5 Å². The molecule has 63 valence electrons. The van der Waals surface area contributed by atoms with Gasteiger partial charge in [-0.25, -0.2) is 4.98 Å². The molecule has 1 heterocycles. The smallest absolute Gasteiger partial charge is 0.233 e. The maximum atomic E-state index is 10.4. The molecular weight excluding hydrogens is 164 g/mol. The van der Waals surface area contributed by atoms with Crippen LogP contribution in [0, 0.1) is 0 Å². The molecule has 3 nitrogen and oxygen atoms in total. The number of hydrogen-bond acceptors (Lipinski definition) is 3. The van der Waals surface area contributed by atoms with Crippen molar-refractivity contribution in [3.05, 3.63) is 36.0 Å². The van der Waals surface area contributed by atoms with Crippen LogP contribution < -0.4 is 5.73 Å². The Bertz CT molecular complexity index is 511. The van der Waals surface area contributed by atoms with E-state index in [1.165, 1.54) is 0 Å². The van der Waals surface area contributed by atoms with E-state index in [0.717, 1.165) is 5.39 Å². The Morgan fingerprint density at radius 1 is 1.46 bits per heavy atom. The Morgan fingerprint density at radius 3 is 3.08 bits per heavy atom. The molecule has 0 fully saturated rings. The summed E-state index contributed by atoms with van der Waals surface area (Å²) >= 11 is 0. The second-order valence-corrected chi connectivity index (χ2v) is 2.67. The molecule has 0 aliphatic rings. The van der Waals surface area contributed by atoms with Crippen molar-refractivity contribution in [3.8, 4) is 0 Å². The van der Waals surface area contributed by atoms with E-state index in [2.05, 4.69) is 4.98 Å². The fourth-order valence-corrected chi connectivity index (χ4v) is 1.20. The van der Waals surface area contributed by atoms with Crippen molar-refractivity contribution in [2.45, 2.75) is 0 Å². The lowest BCUT2D eigenvalue weighted by Crippen LogP contribution is -1.91. The van der Waals surface area contributed by atoms with Crippen molar-refractivity contribution in [1.82, 2.24) is 4.98 Å². The predicted molar refractivity (Wildman–Crippen MR) is 51.0 cm³/mol. The van der Waals surface area contributed by atoms with Gasteiger partial charge in [0.2, 0.25) is 6.29 Å². The van der Waals surface area contributed by atoms with Gasteiger partial charge >= 0.3 is 0 Å². The van der Waals surface area contributed by atoms with Gasteiger partial charge in [0.25, 0.3) is 0 Å². The summed E-state index contributed by atoms with van der Waals surface area (Å²) in [7, 11) is 0. The molecule has 3 heteroatoms. The quantitative estimate of drug-likeness (QED) is 0.704. The Kier molecular flexibility index (Phi) is 1.45. The fourth-order valence-electron chi connectivity index (χ4n) is 1.20. The van der Waals surface area contributed by atoms with E-state index in [0.29, 0.717) is 10.9 Å². The molecule has 0 saturated carbocycles. The van der Waals surface area contributed by atoms with E-state index in [1.807, 2.05) is 0 Å². The van der Waals surface area contributed by atoms with Gasteiger partial charge in [-0.15, -0.1) is 0 Å². The van der Waals surface area contributed by atoms with Gasteiger partial charge < -0.3 is 5.73 Å². The molecule has 2 aromatic rings. The molecule has 0 aliphatic carbocycles. The number of benzene rings is 1. The zero-order valence-electron chi connectivity index (χ0n) is 7.74. The van der Waals surface area contributed by atoms with Crippen LogP contribution in [0.5, 0.6) is 0 Å². The minimum atomic E-state index is 0.123. The molecule has 1 aromatic heterocycles. The largest absolute Gasteiger partial charge is 0.383 e. The van der Waals surface area contributed by atoms with E-state index in [4.69, 9.17) is 7.10 Å². The van der Waals surface area contributed by atoms with E-state index >= 15 is 0 Å². The lowest BCUT2D eigenvalue weighted by atomic mass is 10.1. The number of aromatic nitrogens is 1. The third-order valence-electron chi connectivity index (χ3n) is 1.85. The number of fused-ring (bicyclic) bond motifs is 1. The highest BCUT2D eigenvalue weighted by molar-refractivity contribution is 5.94. The van der Waals surface area contributed by atoms with Crippen molar-refractivity contribution in [2.24, 2.45) is 0 Å². The van der Waals surface area contributed by atoms with Crippen LogP contribution in [-0.4, -0.2) is 11.3 Å². The lowest BCUT2D eigenvalue weighted by molar-refractivity contribution is 0.563. The number of carbonyl (C=O) groups excluding carboxylic acids is 1. The van der Waals surface area contributed by atoms with Gasteiger partial charge in [-0.2, -0.15) is 0 Å². The van der Waals surface area contributed by atoms with Crippen LogP contribution in [0.15, 0.2) is 30.4 Å². The van der Waals surface area contributed by atoms with Gasteiger partial charge in [0.15, 0.2) is 0 Å². The molecule has 1 radical (unpaired) electrons. The molecule has 0 bridgehead atoms. The minimum absolute atomic E-state index is 0.123. The van der Waals surface area contributed by atoms with Crippen LogP contribution in [0.25, 0.3) is 10.8 Å². The van der Waals surface area contributed by atoms with Crippen LogP contribution in [0.3, 0.4) is 0 Å². The monoisotopic (exact) mass is 172 g/mol. The summed E-state index contributed by atoms with van der Waals surface area (Å²) in [6.07, 6.45) is 1.90. The molecule has 0 atom stereocenters. The summed E-state index contributed by atoms with van der Waals surface area (Å²) in [5.41, 5.74) is 6.05. The maximum absolute atomic E-state index is 10.4. The van der Waals surface area contributed by atoms with Gasteiger partial charge in [-0.1, -0.05) is 12.1 Å². The predicted octanol–water partition coefficient (Wildman–Crippen LogP) is 1.27. The standard InChI is InChI=1S/C10H7N2O/c11-10-9-5-7(6-13)1-2-8(9)3-4-12-10/h1-5H,(H2,11,12)/i4D. The Labute approximate surface area is 76.6 Å². The molecule has 0 unspecified atom stereocenters. The second kappa shape index (κ2) is 2.86. The molecule has 0 amide bonds. The fraction of sp³-hybridized carbons (Fsp3) is 0. The number of pyridine rings is 1. The molecule has 2 N–H and O–H groups in total.